The molecule has 1 aliphatic heterocycles. The van der Waals surface area contributed by atoms with Crippen LogP contribution in [0.5, 0.6) is 0 Å². The summed E-state index contributed by atoms with van der Waals surface area (Å²) in [7, 11) is 0. The van der Waals surface area contributed by atoms with E-state index in [0.29, 0.717) is 19.4 Å². The quantitative estimate of drug-likeness (QED) is 0.0247. The molecule has 23 nitrogen and oxygen atoms in total. The molecule has 23 heteroatoms. The average molecular weight is 800 g/mol. The van der Waals surface area contributed by atoms with Crippen LogP contribution in [-0.4, -0.2) is 148 Å². The highest BCUT2D eigenvalue weighted by Crippen LogP contribution is 2.17. The number of carbonyl (C=O) groups excluding carboxylic acids is 7. The first-order chi connectivity index (χ1) is 26.2. The minimum atomic E-state index is -1.74. The lowest BCUT2D eigenvalue weighted by atomic mass is 10.0. The first kappa shape index (κ1) is 48.4. The van der Waals surface area contributed by atoms with E-state index in [0.717, 1.165) is 6.92 Å². The van der Waals surface area contributed by atoms with Crippen LogP contribution in [0, 0.1) is 11.3 Å². The standard InChI is InChI=1S/C33H57N11O12/c1-16(2)13-21(40-23(46)15-38-27(50)17(3)39-30(53)22-8-6-12-44(22)24(47)14-34)29(52)41-19(7-5-11-37-33(35)36)28(51)43-26(18(4)45)31(54)42-20(32(55)56)9-10-25(48)49/h16-22,26,45H,5-15,34H2,1-4H3,(H,38,50)(H,39,53)(H,40,46)(H,41,52)(H,42,54)(H,43,51)(H,48,49)(H,55,56)(H4,35,36,37)/t17-,18+,19-,20-,21-,22-,26-/m0/s1. The molecule has 7 amide bonds. The summed E-state index contributed by atoms with van der Waals surface area (Å²) in [4.78, 5) is 114. The van der Waals surface area contributed by atoms with Gasteiger partial charge in [0.05, 0.1) is 19.2 Å². The molecule has 15 N–H and O–H groups in total. The van der Waals surface area contributed by atoms with E-state index in [4.69, 9.17) is 22.0 Å². The van der Waals surface area contributed by atoms with Crippen molar-refractivity contribution >= 4 is 59.2 Å². The fourth-order valence-electron chi connectivity index (χ4n) is 5.62. The number of nitrogens with one attached hydrogen (secondary N) is 8. The maximum atomic E-state index is 13.6. The number of hydrogen-bond acceptors (Lipinski definition) is 12. The summed E-state index contributed by atoms with van der Waals surface area (Å²) in [5, 5.41) is 52.8. The fourth-order valence-corrected chi connectivity index (χ4v) is 5.62. The van der Waals surface area contributed by atoms with E-state index >= 15 is 0 Å². The Hall–Kier alpha value is -5.58. The predicted molar refractivity (Wildman–Crippen MR) is 197 cm³/mol. The monoisotopic (exact) mass is 799 g/mol. The van der Waals surface area contributed by atoms with Crippen molar-refractivity contribution in [2.24, 2.45) is 17.4 Å². The van der Waals surface area contributed by atoms with Gasteiger partial charge in [-0.2, -0.15) is 0 Å². The zero-order valence-electron chi connectivity index (χ0n) is 32.0. The Morgan fingerprint density at radius 3 is 1.98 bits per heavy atom. The number of amides is 7. The highest BCUT2D eigenvalue weighted by atomic mass is 16.4. The Labute approximate surface area is 323 Å². The highest BCUT2D eigenvalue weighted by molar-refractivity contribution is 5.96. The number of guanidine groups is 1. The zero-order valence-corrected chi connectivity index (χ0v) is 32.0. The Morgan fingerprint density at radius 1 is 0.804 bits per heavy atom. The largest absolute Gasteiger partial charge is 0.481 e. The van der Waals surface area contributed by atoms with E-state index in [9.17, 15) is 53.4 Å². The summed E-state index contributed by atoms with van der Waals surface area (Å²) in [5.41, 5.74) is 10.7. The summed E-state index contributed by atoms with van der Waals surface area (Å²) in [6.45, 7) is 5.62. The third kappa shape index (κ3) is 17.3. The molecule has 1 saturated heterocycles. The molecule has 0 saturated carbocycles. The molecule has 1 heterocycles. The normalized spacial score (nSPS) is 16.8. The molecule has 1 aliphatic rings. The number of carboxylic acids is 2. The minimum Gasteiger partial charge on any atom is -0.481 e. The molecule has 0 radical (unpaired) electrons. The average Bonchev–Trinajstić information content (AvgIpc) is 3.61. The minimum absolute atomic E-state index is 0.0727. The van der Waals surface area contributed by atoms with Crippen molar-refractivity contribution in [3.05, 3.63) is 0 Å². The van der Waals surface area contributed by atoms with E-state index < -0.39 is 115 Å². The van der Waals surface area contributed by atoms with E-state index in [1.54, 1.807) is 13.8 Å². The maximum absolute atomic E-state index is 13.6. The van der Waals surface area contributed by atoms with Gasteiger partial charge in [-0.15, -0.1) is 0 Å². The predicted octanol–water partition coefficient (Wildman–Crippen LogP) is -4.86. The highest BCUT2D eigenvalue weighted by Gasteiger charge is 2.36. The van der Waals surface area contributed by atoms with Crippen LogP contribution in [0.25, 0.3) is 0 Å². The molecule has 1 rings (SSSR count). The van der Waals surface area contributed by atoms with Crippen molar-refractivity contribution < 1.29 is 58.5 Å². The molecule has 7 atom stereocenters. The topological polar surface area (TPSA) is 378 Å². The lowest BCUT2D eigenvalue weighted by Gasteiger charge is -2.27. The van der Waals surface area contributed by atoms with E-state index in [2.05, 4.69) is 37.2 Å². The Balaban J connectivity index is 3.04. The second-order valence-corrected chi connectivity index (χ2v) is 13.7. The van der Waals surface area contributed by atoms with E-state index in [1.165, 1.54) is 11.8 Å². The summed E-state index contributed by atoms with van der Waals surface area (Å²) < 4.78 is 0. The van der Waals surface area contributed by atoms with Crippen LogP contribution >= 0.6 is 0 Å². The van der Waals surface area contributed by atoms with Crippen molar-refractivity contribution in [3.63, 3.8) is 0 Å². The third-order valence-corrected chi connectivity index (χ3v) is 8.53. The zero-order chi connectivity index (χ0) is 42.7. The van der Waals surface area contributed by atoms with Crippen LogP contribution in [0.3, 0.4) is 0 Å². The molecule has 1 fully saturated rings. The smallest absolute Gasteiger partial charge is 0.326 e. The van der Waals surface area contributed by atoms with E-state index in [1.807, 2.05) is 0 Å². The number of carbonyl (C=O) groups is 9. The van der Waals surface area contributed by atoms with Gasteiger partial charge >= 0.3 is 11.9 Å². The van der Waals surface area contributed by atoms with Crippen LogP contribution < -0.4 is 48.7 Å². The number of aliphatic carboxylic acids is 2. The molecule has 0 unspecified atom stereocenters. The SMILES string of the molecule is CC(C)C[C@H](NC(=O)CNC(=O)[C@H](C)NC(=O)[C@@H]1CCCN1C(=O)CN)C(=O)N[C@@H](CCCNC(=N)N)C(=O)N[C@H](C(=O)N[C@@H](CCC(=O)O)C(=O)O)[C@@H](C)O. The lowest BCUT2D eigenvalue weighted by molar-refractivity contribution is -0.144. The third-order valence-electron chi connectivity index (χ3n) is 8.53. The van der Waals surface area contributed by atoms with E-state index in [-0.39, 0.29) is 44.2 Å². The molecule has 56 heavy (non-hydrogen) atoms. The van der Waals surface area contributed by atoms with Crippen LogP contribution in [0.4, 0.5) is 0 Å². The number of carboxylic acid groups (broad SMARTS) is 2. The Bertz CT molecular complexity index is 1440. The summed E-state index contributed by atoms with van der Waals surface area (Å²) in [6.07, 6.45) is -1.58. The van der Waals surface area contributed by atoms with Crippen LogP contribution in [-0.2, 0) is 43.2 Å². The maximum Gasteiger partial charge on any atom is 0.326 e. The Morgan fingerprint density at radius 2 is 1.43 bits per heavy atom. The van der Waals surface area contributed by atoms with Gasteiger partial charge in [-0.25, -0.2) is 4.79 Å². The van der Waals surface area contributed by atoms with Gasteiger partial charge in [-0.3, -0.25) is 43.8 Å². The number of likely N-dealkylation sites (tertiary alicyclic amines) is 1. The van der Waals surface area contributed by atoms with Gasteiger partial charge in [0.2, 0.25) is 41.4 Å². The number of rotatable bonds is 24. The first-order valence-corrected chi connectivity index (χ1v) is 18.2. The second kappa shape index (κ2) is 24.0. The first-order valence-electron chi connectivity index (χ1n) is 18.2. The number of nitrogens with two attached hydrogens (primary N) is 2. The molecule has 0 aromatic carbocycles. The van der Waals surface area contributed by atoms with Crippen LogP contribution in [0.1, 0.15) is 72.6 Å². The molecule has 0 aromatic rings. The Kier molecular flexibility index (Phi) is 20.8. The van der Waals surface area contributed by atoms with Crippen molar-refractivity contribution in [1.82, 2.24) is 42.1 Å². The number of hydrogen-bond donors (Lipinski definition) is 13. The van der Waals surface area contributed by atoms with Gasteiger partial charge < -0.3 is 68.9 Å². The second-order valence-electron chi connectivity index (χ2n) is 13.7. The van der Waals surface area contributed by atoms with Crippen LogP contribution in [0.2, 0.25) is 0 Å². The molecule has 0 spiro atoms. The number of nitrogens with zero attached hydrogens (tertiary/aromatic N) is 1. The summed E-state index contributed by atoms with van der Waals surface area (Å²) >= 11 is 0. The van der Waals surface area contributed by atoms with Crippen molar-refractivity contribution in [1.29, 1.82) is 5.41 Å². The molecular formula is C33H57N11O12. The van der Waals surface area contributed by atoms with Crippen molar-refractivity contribution in [2.75, 3.05) is 26.2 Å². The molecule has 0 aromatic heterocycles. The summed E-state index contributed by atoms with van der Waals surface area (Å²) in [5.74, 6) is -8.82. The molecule has 0 bridgehead atoms. The van der Waals surface area contributed by atoms with Gasteiger partial charge in [0.15, 0.2) is 5.96 Å². The van der Waals surface area contributed by atoms with Gasteiger partial charge in [0.25, 0.3) is 0 Å². The molecule has 316 valence electrons. The lowest BCUT2D eigenvalue weighted by Crippen LogP contribution is -2.60. The van der Waals surface area contributed by atoms with Crippen LogP contribution in [0.15, 0.2) is 0 Å². The fraction of sp³-hybridized carbons (Fsp3) is 0.697. The summed E-state index contributed by atoms with van der Waals surface area (Å²) in [6, 6.07) is -7.92. The number of aliphatic hydroxyl groups excluding tert-OH is 1. The molecular weight excluding hydrogens is 742 g/mol. The molecule has 0 aliphatic carbocycles. The van der Waals surface area contributed by atoms with Crippen molar-refractivity contribution in [2.45, 2.75) is 115 Å². The van der Waals surface area contributed by atoms with Crippen molar-refractivity contribution in [3.8, 4) is 0 Å². The number of aliphatic hydroxyl groups is 1. The van der Waals surface area contributed by atoms with Gasteiger partial charge in [0.1, 0.15) is 36.3 Å². The van der Waals surface area contributed by atoms with Gasteiger partial charge in [-0.05, 0) is 58.3 Å². The van der Waals surface area contributed by atoms with Gasteiger partial charge in [0, 0.05) is 19.5 Å². The van der Waals surface area contributed by atoms with Gasteiger partial charge in [-0.1, -0.05) is 13.8 Å².